The maximum absolute atomic E-state index is 12.3. The van der Waals surface area contributed by atoms with Gasteiger partial charge in [0.2, 0.25) is 5.91 Å². The molecule has 2 N–H and O–H groups in total. The van der Waals surface area contributed by atoms with Crippen LogP contribution in [0.4, 0.5) is 5.82 Å². The first-order chi connectivity index (χ1) is 12.6. The fourth-order valence-corrected chi connectivity index (χ4v) is 2.86. The average Bonchev–Trinajstić information content (AvgIpc) is 3.22. The number of H-pyrrole nitrogens is 1. The van der Waals surface area contributed by atoms with Crippen molar-refractivity contribution in [2.45, 2.75) is 0 Å². The lowest BCUT2D eigenvalue weighted by atomic mass is 10.1. The van der Waals surface area contributed by atoms with E-state index >= 15 is 0 Å². The molecule has 0 bridgehead atoms. The lowest BCUT2D eigenvalue weighted by Crippen LogP contribution is -2.37. The molecule has 0 fully saturated rings. The van der Waals surface area contributed by atoms with E-state index in [1.54, 1.807) is 30.3 Å². The zero-order valence-corrected chi connectivity index (χ0v) is 13.6. The van der Waals surface area contributed by atoms with Gasteiger partial charge in [-0.2, -0.15) is 5.10 Å². The van der Waals surface area contributed by atoms with Gasteiger partial charge in [-0.05, 0) is 17.7 Å². The Bertz CT molecular complexity index is 975. The van der Waals surface area contributed by atoms with E-state index in [1.165, 1.54) is 0 Å². The number of aromatic nitrogens is 2. The number of nitrogens with one attached hydrogen (secondary N) is 2. The third-order valence-electron chi connectivity index (χ3n) is 4.11. The number of benzene rings is 2. The Morgan fingerprint density at radius 1 is 0.962 bits per heavy atom. The molecule has 26 heavy (non-hydrogen) atoms. The monoisotopic (exact) mass is 346 g/mol. The first-order valence-corrected chi connectivity index (χ1v) is 7.99. The molecule has 0 radical (unpaired) electrons. The van der Waals surface area contributed by atoms with E-state index in [4.69, 9.17) is 0 Å². The SMILES string of the molecule is O=C(CN1C(=O)c2ccccc2C1=O)Nc1cc(-c2ccccc2)[nH]n1. The molecule has 7 nitrogen and oxygen atoms in total. The molecule has 0 aliphatic carbocycles. The van der Waals surface area contributed by atoms with Gasteiger partial charge in [0.15, 0.2) is 5.82 Å². The molecule has 2 heterocycles. The van der Waals surface area contributed by atoms with Crippen molar-refractivity contribution in [3.8, 4) is 11.3 Å². The summed E-state index contributed by atoms with van der Waals surface area (Å²) >= 11 is 0. The highest BCUT2D eigenvalue weighted by Crippen LogP contribution is 2.22. The van der Waals surface area contributed by atoms with Crippen LogP contribution in [0.1, 0.15) is 20.7 Å². The highest BCUT2D eigenvalue weighted by atomic mass is 16.2. The van der Waals surface area contributed by atoms with Crippen LogP contribution < -0.4 is 5.32 Å². The molecule has 0 spiro atoms. The molecule has 1 aliphatic heterocycles. The van der Waals surface area contributed by atoms with E-state index in [1.807, 2.05) is 30.3 Å². The normalized spacial score (nSPS) is 13.0. The molecular weight excluding hydrogens is 332 g/mol. The summed E-state index contributed by atoms with van der Waals surface area (Å²) in [6, 6.07) is 17.7. The predicted octanol–water partition coefficient (Wildman–Crippen LogP) is 2.31. The third-order valence-corrected chi connectivity index (χ3v) is 4.11. The smallest absolute Gasteiger partial charge is 0.262 e. The second kappa shape index (κ2) is 6.29. The summed E-state index contributed by atoms with van der Waals surface area (Å²) < 4.78 is 0. The van der Waals surface area contributed by atoms with Gasteiger partial charge in [0.1, 0.15) is 6.54 Å². The van der Waals surface area contributed by atoms with Gasteiger partial charge in [0.25, 0.3) is 11.8 Å². The minimum atomic E-state index is -0.495. The number of imide groups is 1. The maximum atomic E-state index is 12.3. The molecule has 3 amide bonds. The number of carbonyl (C=O) groups excluding carboxylic acids is 3. The summed E-state index contributed by atoms with van der Waals surface area (Å²) in [6.45, 7) is -0.361. The Morgan fingerprint density at radius 3 is 2.23 bits per heavy atom. The van der Waals surface area contributed by atoms with Crippen molar-refractivity contribution in [1.29, 1.82) is 0 Å². The van der Waals surface area contributed by atoms with E-state index in [2.05, 4.69) is 15.5 Å². The van der Waals surface area contributed by atoms with Crippen molar-refractivity contribution in [2.24, 2.45) is 0 Å². The van der Waals surface area contributed by atoms with Crippen molar-refractivity contribution < 1.29 is 14.4 Å². The molecule has 0 saturated heterocycles. The lowest BCUT2D eigenvalue weighted by Gasteiger charge is -2.12. The average molecular weight is 346 g/mol. The van der Waals surface area contributed by atoms with Crippen molar-refractivity contribution >= 4 is 23.5 Å². The van der Waals surface area contributed by atoms with Crippen molar-refractivity contribution in [3.63, 3.8) is 0 Å². The van der Waals surface area contributed by atoms with Crippen molar-refractivity contribution in [1.82, 2.24) is 15.1 Å². The Balaban J connectivity index is 1.45. The molecule has 0 atom stereocenters. The molecule has 4 rings (SSSR count). The highest BCUT2D eigenvalue weighted by molar-refractivity contribution is 6.22. The number of fused-ring (bicyclic) bond motifs is 1. The third kappa shape index (κ3) is 2.75. The van der Waals surface area contributed by atoms with Crippen molar-refractivity contribution in [2.75, 3.05) is 11.9 Å². The zero-order valence-electron chi connectivity index (χ0n) is 13.6. The fraction of sp³-hybridized carbons (Fsp3) is 0.0526. The van der Waals surface area contributed by atoms with Gasteiger partial charge in [-0.25, -0.2) is 0 Å². The molecular formula is C19H14N4O3. The van der Waals surface area contributed by atoms with E-state index in [-0.39, 0.29) is 6.54 Å². The van der Waals surface area contributed by atoms with Gasteiger partial charge in [0, 0.05) is 6.07 Å². The van der Waals surface area contributed by atoms with E-state index in [0.29, 0.717) is 16.9 Å². The number of hydrogen-bond acceptors (Lipinski definition) is 4. The van der Waals surface area contributed by atoms with Gasteiger partial charge >= 0.3 is 0 Å². The Labute approximate surface area is 148 Å². The zero-order chi connectivity index (χ0) is 18.1. The van der Waals surface area contributed by atoms with Crippen LogP contribution in [0.15, 0.2) is 60.7 Å². The number of carbonyl (C=O) groups is 3. The predicted molar refractivity (Wildman–Crippen MR) is 94.5 cm³/mol. The first kappa shape index (κ1) is 15.8. The van der Waals surface area contributed by atoms with Crippen LogP contribution in [-0.4, -0.2) is 39.4 Å². The van der Waals surface area contributed by atoms with E-state index in [0.717, 1.165) is 16.2 Å². The minimum absolute atomic E-state index is 0.316. The maximum Gasteiger partial charge on any atom is 0.262 e. The molecule has 2 aromatic carbocycles. The summed E-state index contributed by atoms with van der Waals surface area (Å²) in [4.78, 5) is 37.8. The number of amides is 3. The molecule has 0 unspecified atom stereocenters. The number of aromatic amines is 1. The summed E-state index contributed by atoms with van der Waals surface area (Å²) in [5.41, 5.74) is 2.32. The van der Waals surface area contributed by atoms with Crippen LogP contribution in [0.5, 0.6) is 0 Å². The Morgan fingerprint density at radius 2 is 1.58 bits per heavy atom. The van der Waals surface area contributed by atoms with Crippen LogP contribution in [-0.2, 0) is 4.79 Å². The van der Waals surface area contributed by atoms with Crippen LogP contribution in [0.3, 0.4) is 0 Å². The molecule has 128 valence electrons. The second-order valence-corrected chi connectivity index (χ2v) is 5.82. The van der Waals surface area contributed by atoms with Gasteiger partial charge < -0.3 is 5.32 Å². The lowest BCUT2D eigenvalue weighted by molar-refractivity contribution is -0.116. The van der Waals surface area contributed by atoms with E-state index in [9.17, 15) is 14.4 Å². The fourth-order valence-electron chi connectivity index (χ4n) is 2.86. The highest BCUT2D eigenvalue weighted by Gasteiger charge is 2.36. The summed E-state index contributed by atoms with van der Waals surface area (Å²) in [7, 11) is 0. The largest absolute Gasteiger partial charge is 0.308 e. The molecule has 0 saturated carbocycles. The van der Waals surface area contributed by atoms with Gasteiger partial charge in [-0.15, -0.1) is 0 Å². The number of nitrogens with zero attached hydrogens (tertiary/aromatic N) is 2. The summed E-state index contributed by atoms with van der Waals surface area (Å²) in [6.07, 6.45) is 0. The van der Waals surface area contributed by atoms with Gasteiger partial charge in [-0.3, -0.25) is 24.4 Å². The Kier molecular flexibility index (Phi) is 3.81. The standard InChI is InChI=1S/C19H14N4O3/c24-17(11-23-18(25)13-8-4-5-9-14(13)19(23)26)20-16-10-15(21-22-16)12-6-2-1-3-7-12/h1-10H,11H2,(H2,20,21,22,24). The Hall–Kier alpha value is -3.74. The summed E-state index contributed by atoms with van der Waals surface area (Å²) in [5, 5.41) is 9.48. The minimum Gasteiger partial charge on any atom is -0.308 e. The molecule has 7 heteroatoms. The number of anilines is 1. The van der Waals surface area contributed by atoms with Crippen LogP contribution in [0.25, 0.3) is 11.3 Å². The van der Waals surface area contributed by atoms with Gasteiger partial charge in [-0.1, -0.05) is 42.5 Å². The van der Waals surface area contributed by atoms with Crippen LogP contribution >= 0.6 is 0 Å². The number of rotatable bonds is 4. The topological polar surface area (TPSA) is 95.2 Å². The van der Waals surface area contributed by atoms with Crippen LogP contribution in [0.2, 0.25) is 0 Å². The second-order valence-electron chi connectivity index (χ2n) is 5.82. The first-order valence-electron chi connectivity index (χ1n) is 7.99. The molecule has 1 aromatic heterocycles. The van der Waals surface area contributed by atoms with Crippen LogP contribution in [0, 0.1) is 0 Å². The van der Waals surface area contributed by atoms with Crippen molar-refractivity contribution in [3.05, 3.63) is 71.8 Å². The number of hydrogen-bond donors (Lipinski definition) is 2. The molecule has 1 aliphatic rings. The summed E-state index contributed by atoms with van der Waals surface area (Å²) in [5.74, 6) is -1.10. The van der Waals surface area contributed by atoms with Gasteiger partial charge in [0.05, 0.1) is 16.8 Å². The van der Waals surface area contributed by atoms with E-state index < -0.39 is 17.7 Å². The molecule has 3 aromatic rings. The quantitative estimate of drug-likeness (QED) is 0.709.